The summed E-state index contributed by atoms with van der Waals surface area (Å²) in [5.41, 5.74) is 4.18. The zero-order chi connectivity index (χ0) is 13.7. The Labute approximate surface area is 157 Å². The summed E-state index contributed by atoms with van der Waals surface area (Å²) < 4.78 is 1.47. The maximum absolute atomic E-state index is 4.27. The van der Waals surface area contributed by atoms with Gasteiger partial charge in [-0.1, -0.05) is 0 Å². The Balaban J connectivity index is 0.000000882. The molecule has 4 rings (SSSR count). The summed E-state index contributed by atoms with van der Waals surface area (Å²) in [6, 6.07) is 13.1. The fourth-order valence-electron chi connectivity index (χ4n) is 3.20. The van der Waals surface area contributed by atoms with E-state index in [-0.39, 0.29) is 24.8 Å². The molecule has 0 fully saturated rings. The van der Waals surface area contributed by atoms with Crippen LogP contribution < -0.4 is 35.3 Å². The zero-order valence-corrected chi connectivity index (χ0v) is 15.8. The second-order valence-corrected chi connectivity index (χ2v) is 6.50. The molecule has 0 radical (unpaired) electrons. The van der Waals surface area contributed by atoms with Gasteiger partial charge in [-0.2, -0.15) is 0 Å². The molecule has 0 atom stereocenters. The van der Waals surface area contributed by atoms with Crippen molar-refractivity contribution >= 4 is 15.4 Å². The van der Waals surface area contributed by atoms with Crippen LogP contribution in [0.2, 0.25) is 0 Å². The average molecular weight is 403 g/mol. The van der Waals surface area contributed by atoms with Crippen LogP contribution >= 0.6 is 0 Å². The molecule has 0 heterocycles. The van der Waals surface area contributed by atoms with Crippen LogP contribution in [0.1, 0.15) is 17.5 Å². The minimum atomic E-state index is 0. The Bertz CT molecular complexity index is 1000. The van der Waals surface area contributed by atoms with E-state index in [1.54, 1.807) is 0 Å². The second kappa shape index (κ2) is 6.71. The first-order valence-corrected chi connectivity index (χ1v) is 8.04. The van der Waals surface area contributed by atoms with E-state index < -0.39 is 0 Å². The van der Waals surface area contributed by atoms with Gasteiger partial charge in [0.15, 0.2) is 0 Å². The van der Waals surface area contributed by atoms with Gasteiger partial charge in [-0.15, -0.1) is 0 Å². The van der Waals surface area contributed by atoms with E-state index in [1.807, 2.05) is 0 Å². The summed E-state index contributed by atoms with van der Waals surface area (Å²) >= 11 is 1.48. The molecular weight excluding hydrogens is 390 g/mol. The van der Waals surface area contributed by atoms with Gasteiger partial charge in [-0.3, -0.25) is 0 Å². The van der Waals surface area contributed by atoms with Crippen molar-refractivity contribution in [3.05, 3.63) is 86.6 Å². The van der Waals surface area contributed by atoms with Gasteiger partial charge in [-0.25, -0.2) is 0 Å². The zero-order valence-electron chi connectivity index (χ0n) is 11.9. The van der Waals surface area contributed by atoms with E-state index in [0.717, 1.165) is 11.6 Å². The molecule has 0 N–H and O–H groups in total. The Morgan fingerprint density at radius 1 is 0.864 bits per heavy atom. The van der Waals surface area contributed by atoms with E-state index in [0.29, 0.717) is 0 Å². The summed E-state index contributed by atoms with van der Waals surface area (Å²) in [6.07, 6.45) is 7.63. The predicted octanol–water partition coefficient (Wildman–Crippen LogP) is -3.25. The molecule has 0 saturated heterocycles. The molecule has 2 aromatic rings. The SMILES string of the molecule is C=c1ccc2c(c1C1=CC=CC1)[C]([Zr+2])=c1ccccc1=2.[Cl-].[Cl-]. The monoisotopic (exact) mass is 401 g/mol. The maximum atomic E-state index is 4.27. The van der Waals surface area contributed by atoms with Crippen LogP contribution in [0.4, 0.5) is 0 Å². The summed E-state index contributed by atoms with van der Waals surface area (Å²) in [6.45, 7) is 4.27. The molecule has 0 saturated carbocycles. The van der Waals surface area contributed by atoms with Crippen LogP contribution in [0.15, 0.2) is 54.6 Å². The Hall–Kier alpha value is -0.877. The van der Waals surface area contributed by atoms with E-state index in [9.17, 15) is 0 Å². The van der Waals surface area contributed by atoms with Crippen molar-refractivity contribution in [3.63, 3.8) is 0 Å². The number of hydrogen-bond donors (Lipinski definition) is 0. The third-order valence-electron chi connectivity index (χ3n) is 4.12. The fraction of sp³-hybridized carbons (Fsp3) is 0.0526. The number of halogens is 2. The van der Waals surface area contributed by atoms with Crippen LogP contribution in [-0.2, 0) is 24.7 Å². The van der Waals surface area contributed by atoms with Crippen molar-refractivity contribution in [2.75, 3.05) is 0 Å². The number of fused-ring (bicyclic) bond motifs is 2. The number of benzene rings is 2. The molecule has 0 spiro atoms. The average Bonchev–Trinajstić information content (AvgIpc) is 3.08. The van der Waals surface area contributed by atoms with Crippen molar-refractivity contribution in [3.8, 4) is 0 Å². The van der Waals surface area contributed by atoms with Crippen molar-refractivity contribution in [2.45, 2.75) is 6.42 Å². The van der Waals surface area contributed by atoms with Gasteiger partial charge < -0.3 is 24.8 Å². The quantitative estimate of drug-likeness (QED) is 0.470. The van der Waals surface area contributed by atoms with Gasteiger partial charge in [0.1, 0.15) is 0 Å². The molecule has 0 unspecified atom stereocenters. The first-order chi connectivity index (χ1) is 9.77. The summed E-state index contributed by atoms with van der Waals surface area (Å²) in [5, 5.41) is 5.30. The molecule has 0 amide bonds. The molecule has 2 aliphatic rings. The number of allylic oxidation sites excluding steroid dienone is 4. The number of hydrogen-bond acceptors (Lipinski definition) is 0. The van der Waals surface area contributed by atoms with E-state index in [1.165, 1.54) is 60.4 Å². The van der Waals surface area contributed by atoms with Crippen LogP contribution in [-0.4, -0.2) is 0 Å². The fourth-order valence-corrected chi connectivity index (χ4v) is 4.37. The second-order valence-electron chi connectivity index (χ2n) is 5.27. The van der Waals surface area contributed by atoms with Crippen LogP contribution in [0.5, 0.6) is 0 Å². The van der Waals surface area contributed by atoms with Gasteiger partial charge >= 0.3 is 133 Å². The van der Waals surface area contributed by atoms with Gasteiger partial charge in [0.25, 0.3) is 0 Å². The van der Waals surface area contributed by atoms with Gasteiger partial charge in [0.2, 0.25) is 0 Å². The standard InChI is InChI=1S/C19H13.2ClH.Zr/c1-13-10-11-17-16-9-5-4-8-15(16)12-18(17)19(13)14-6-2-3-7-14;;;/h2-6,8-11H,1,7H2;2*1H;/q;;;+2/p-2. The van der Waals surface area contributed by atoms with Gasteiger partial charge in [0, 0.05) is 0 Å². The first-order valence-electron chi connectivity index (χ1n) is 6.81. The molecule has 2 aliphatic carbocycles. The van der Waals surface area contributed by atoms with E-state index >= 15 is 0 Å². The molecule has 2 aromatic carbocycles. The Morgan fingerprint density at radius 2 is 1.59 bits per heavy atom. The smallest absolute Gasteiger partial charge is 1.00 e. The van der Waals surface area contributed by atoms with Gasteiger partial charge in [-0.05, 0) is 0 Å². The Morgan fingerprint density at radius 3 is 2.27 bits per heavy atom. The third-order valence-corrected chi connectivity index (χ3v) is 5.40. The minimum absolute atomic E-state index is 0. The van der Waals surface area contributed by atoms with Gasteiger partial charge in [0.05, 0.1) is 0 Å². The van der Waals surface area contributed by atoms with Crippen molar-refractivity contribution in [1.82, 2.24) is 0 Å². The van der Waals surface area contributed by atoms with Crippen molar-refractivity contribution < 1.29 is 49.5 Å². The maximum Gasteiger partial charge on any atom is -1.00 e. The first kappa shape index (κ1) is 17.5. The largest absolute Gasteiger partial charge is 1.00 e. The Kier molecular flexibility index (Phi) is 5.33. The third kappa shape index (κ3) is 2.50. The molecule has 0 bridgehead atoms. The molecule has 0 aromatic heterocycles. The van der Waals surface area contributed by atoms with Crippen LogP contribution in [0.3, 0.4) is 0 Å². The molecule has 107 valence electrons. The minimum Gasteiger partial charge on any atom is -1.00 e. The molecule has 3 heteroatoms. The van der Waals surface area contributed by atoms with E-state index in [2.05, 4.69) is 61.2 Å². The van der Waals surface area contributed by atoms with Crippen molar-refractivity contribution in [2.24, 2.45) is 0 Å². The molecule has 22 heavy (non-hydrogen) atoms. The normalized spacial score (nSPS) is 13.9. The molecule has 0 aliphatic heterocycles. The summed E-state index contributed by atoms with van der Waals surface area (Å²) in [5.74, 6) is 0. The van der Waals surface area contributed by atoms with Crippen LogP contribution in [0, 0.1) is 10.4 Å². The topological polar surface area (TPSA) is 0 Å². The van der Waals surface area contributed by atoms with E-state index in [4.69, 9.17) is 0 Å². The number of rotatable bonds is 1. The predicted molar refractivity (Wildman–Crippen MR) is 79.6 cm³/mol. The molecular formula is C19H13Cl2Zr. The molecule has 0 nitrogen and oxygen atoms in total. The van der Waals surface area contributed by atoms with Crippen LogP contribution in [0.25, 0.3) is 15.4 Å². The van der Waals surface area contributed by atoms with Crippen molar-refractivity contribution in [1.29, 1.82) is 0 Å². The summed E-state index contributed by atoms with van der Waals surface area (Å²) in [4.78, 5) is 0. The summed E-state index contributed by atoms with van der Waals surface area (Å²) in [7, 11) is 0.